The molecule has 0 aliphatic heterocycles. The molecule has 0 atom stereocenters. The van der Waals surface area contributed by atoms with Crippen molar-refractivity contribution in [3.05, 3.63) is 12.3 Å². The van der Waals surface area contributed by atoms with Gasteiger partial charge in [-0.3, -0.25) is 0 Å². The van der Waals surface area contributed by atoms with Crippen molar-refractivity contribution in [2.45, 2.75) is 0 Å². The minimum Gasteiger partial charge on any atom is -0.323 e. The predicted molar refractivity (Wildman–Crippen MR) is 48.3 cm³/mol. The summed E-state index contributed by atoms with van der Waals surface area (Å²) in [4.78, 5) is 2.55. The summed E-state index contributed by atoms with van der Waals surface area (Å²) in [5, 5.41) is 0. The van der Waals surface area contributed by atoms with Gasteiger partial charge in [0.05, 0.1) is 0 Å². The molecule has 0 unspecified atom stereocenters. The van der Waals surface area contributed by atoms with Gasteiger partial charge in [-0.25, -0.2) is 0 Å². The molecule has 0 aliphatic rings. The highest BCUT2D eigenvalue weighted by Crippen LogP contribution is 2.13. The summed E-state index contributed by atoms with van der Waals surface area (Å²) in [7, 11) is 0. The van der Waals surface area contributed by atoms with Gasteiger partial charge in [-0.05, 0) is 0 Å². The quantitative estimate of drug-likeness (QED) is 0.570. The number of hydrogen-bond acceptors (Lipinski definition) is 1. The third kappa shape index (κ3) is 5.58. The maximum absolute atomic E-state index is 5.62. The zero-order chi connectivity index (χ0) is 7.49. The van der Waals surface area contributed by atoms with Crippen molar-refractivity contribution in [2.75, 3.05) is 0 Å². The van der Waals surface area contributed by atoms with Crippen LogP contribution in [0.1, 0.15) is 0 Å². The molecule has 52 valence electrons. The van der Waals surface area contributed by atoms with Gasteiger partial charge in [0, 0.05) is 0 Å². The van der Waals surface area contributed by atoms with Gasteiger partial charge in [-0.1, -0.05) is 5.70 Å². The molecule has 0 saturated heterocycles. The number of rotatable bonds is 3. The Bertz CT molecular complexity index is 107. The van der Waals surface area contributed by atoms with Crippen molar-refractivity contribution >= 4 is 57.6 Å². The highest BCUT2D eigenvalue weighted by molar-refractivity contribution is 7.51. The Kier molecular flexibility index (Phi) is 4.63. The number of halogens is 4. The smallest absolute Gasteiger partial charge is 0.323 e. The van der Waals surface area contributed by atoms with E-state index in [2.05, 4.69) is 11.5 Å². The van der Waals surface area contributed by atoms with Gasteiger partial charge < -0.3 is 4.89 Å². The van der Waals surface area contributed by atoms with Crippen LogP contribution in [-0.2, 0) is 0 Å². The Morgan fingerprint density at radius 1 is 1.44 bits per heavy atom. The molecule has 0 saturated carbocycles. The molecule has 0 radical (unpaired) electrons. The van der Waals surface area contributed by atoms with Gasteiger partial charge in [0.25, 0.3) is 0 Å². The Morgan fingerprint density at radius 2 is 1.89 bits per heavy atom. The lowest BCUT2D eigenvalue weighted by Gasteiger charge is -2.11. The summed E-state index contributed by atoms with van der Waals surface area (Å²) in [6.45, 7) is 0.858. The first-order valence-electron chi connectivity index (χ1n) is 2.05. The van der Waals surface area contributed by atoms with Gasteiger partial charge in [-0.2, -0.15) is 0 Å². The third-order valence-electron chi connectivity index (χ3n) is 0.558. The van der Waals surface area contributed by atoms with Crippen LogP contribution in [0.3, 0.4) is 0 Å². The standard InChI is InChI=1S/C2H4BCl4NSi/c1-2-9(6,7)8-3(4)5/h2,8H,1H2. The molecule has 0 fully saturated rings. The summed E-state index contributed by atoms with van der Waals surface area (Å²) in [6.07, 6.45) is 0. The molecule has 0 rings (SSSR count). The molecule has 0 aromatic carbocycles. The van der Waals surface area contributed by atoms with E-state index in [1.807, 2.05) is 0 Å². The first-order valence-corrected chi connectivity index (χ1v) is 7.02. The van der Waals surface area contributed by atoms with Gasteiger partial charge >= 0.3 is 12.5 Å². The molecular formula is C2H4BCl4NSi. The molecular weight excluding hydrogens is 219 g/mol. The van der Waals surface area contributed by atoms with Gasteiger partial charge in [0.1, 0.15) is 0 Å². The van der Waals surface area contributed by atoms with E-state index in [1.54, 1.807) is 0 Å². The second kappa shape index (κ2) is 4.11. The van der Waals surface area contributed by atoms with Crippen LogP contribution in [0.5, 0.6) is 0 Å². The van der Waals surface area contributed by atoms with E-state index in [0.29, 0.717) is 0 Å². The Hall–Kier alpha value is 1.14. The SMILES string of the molecule is C=C[Si](Cl)(Cl)NB(Cl)Cl. The fraction of sp³-hybridized carbons (Fsp3) is 0. The second-order valence-corrected chi connectivity index (χ2v) is 8.47. The minimum absolute atomic E-state index is 0.732. The zero-order valence-corrected chi connectivity index (χ0v) is 8.40. The average molecular weight is 223 g/mol. The highest BCUT2D eigenvalue weighted by Gasteiger charge is 2.27. The molecule has 9 heavy (non-hydrogen) atoms. The predicted octanol–water partition coefficient (Wildman–Crippen LogP) is 2.18. The normalized spacial score (nSPS) is 11.1. The van der Waals surface area contributed by atoms with Gasteiger partial charge in [0.15, 0.2) is 0 Å². The Morgan fingerprint density at radius 3 is 2.00 bits per heavy atom. The van der Waals surface area contributed by atoms with E-state index in [1.165, 1.54) is 5.70 Å². The van der Waals surface area contributed by atoms with E-state index >= 15 is 0 Å². The third-order valence-corrected chi connectivity index (χ3v) is 3.91. The first-order chi connectivity index (χ1) is 3.98. The van der Waals surface area contributed by atoms with E-state index in [0.717, 1.165) is 0 Å². The van der Waals surface area contributed by atoms with E-state index in [-0.39, 0.29) is 0 Å². The molecule has 0 spiro atoms. The van der Waals surface area contributed by atoms with Crippen LogP contribution in [0.2, 0.25) is 0 Å². The van der Waals surface area contributed by atoms with Crippen molar-refractivity contribution in [1.82, 2.24) is 4.89 Å². The van der Waals surface area contributed by atoms with Crippen LogP contribution < -0.4 is 4.89 Å². The molecule has 0 amide bonds. The van der Waals surface area contributed by atoms with Gasteiger partial charge in [-0.15, -0.1) is 51.7 Å². The van der Waals surface area contributed by atoms with Crippen molar-refractivity contribution in [3.8, 4) is 0 Å². The lowest BCUT2D eigenvalue weighted by Crippen LogP contribution is -2.43. The fourth-order valence-corrected chi connectivity index (χ4v) is 2.97. The van der Waals surface area contributed by atoms with Gasteiger partial charge in [0.2, 0.25) is 0 Å². The van der Waals surface area contributed by atoms with Crippen LogP contribution >= 0.6 is 45.1 Å². The number of hydrogen-bond donors (Lipinski definition) is 1. The average Bonchev–Trinajstić information content (AvgIpc) is 1.63. The topological polar surface area (TPSA) is 12.0 Å². The summed E-state index contributed by atoms with van der Waals surface area (Å²) < 4.78 is 0. The molecule has 0 heterocycles. The van der Waals surface area contributed by atoms with Crippen LogP contribution in [-0.4, -0.2) is 12.5 Å². The molecule has 1 N–H and O–H groups in total. The summed E-state index contributed by atoms with van der Waals surface area (Å²) in [5.41, 5.74) is 0.693. The Labute approximate surface area is 74.7 Å². The molecule has 0 aromatic rings. The largest absolute Gasteiger partial charge is 0.427 e. The number of nitrogens with one attached hydrogen (secondary N) is 1. The van der Waals surface area contributed by atoms with E-state index < -0.39 is 12.5 Å². The summed E-state index contributed by atoms with van der Waals surface area (Å²) >= 11 is 21.9. The zero-order valence-electron chi connectivity index (χ0n) is 4.37. The molecule has 0 aromatic heterocycles. The fourth-order valence-electron chi connectivity index (χ4n) is 0.204. The molecule has 1 nitrogen and oxygen atoms in total. The summed E-state index contributed by atoms with van der Waals surface area (Å²) in [6, 6.07) is 0. The second-order valence-electron chi connectivity index (χ2n) is 1.27. The van der Waals surface area contributed by atoms with Crippen molar-refractivity contribution in [3.63, 3.8) is 0 Å². The van der Waals surface area contributed by atoms with Crippen LogP contribution in [0, 0.1) is 0 Å². The molecule has 0 bridgehead atoms. The lowest BCUT2D eigenvalue weighted by molar-refractivity contribution is 1.58. The maximum Gasteiger partial charge on any atom is 0.427 e. The monoisotopic (exact) mass is 221 g/mol. The van der Waals surface area contributed by atoms with Crippen molar-refractivity contribution in [1.29, 1.82) is 0 Å². The lowest BCUT2D eigenvalue weighted by atomic mass is 10.4. The van der Waals surface area contributed by atoms with E-state index in [9.17, 15) is 0 Å². The van der Waals surface area contributed by atoms with Crippen LogP contribution in [0.4, 0.5) is 0 Å². The minimum atomic E-state index is -2.55. The van der Waals surface area contributed by atoms with Crippen LogP contribution in [0.25, 0.3) is 0 Å². The molecule has 0 aliphatic carbocycles. The maximum atomic E-state index is 5.62. The van der Waals surface area contributed by atoms with Crippen molar-refractivity contribution in [2.24, 2.45) is 0 Å². The summed E-state index contributed by atoms with van der Waals surface area (Å²) in [5.74, 6) is 0. The van der Waals surface area contributed by atoms with Crippen LogP contribution in [0.15, 0.2) is 12.3 Å². The molecule has 7 heteroatoms. The van der Waals surface area contributed by atoms with E-state index in [4.69, 9.17) is 45.1 Å². The van der Waals surface area contributed by atoms with Crippen molar-refractivity contribution < 1.29 is 0 Å². The highest BCUT2D eigenvalue weighted by atomic mass is 35.7. The first kappa shape index (κ1) is 10.1. The Balaban J connectivity index is 3.71.